The molecule has 108 valence electrons. The van der Waals surface area contributed by atoms with Crippen LogP contribution in [0.5, 0.6) is 5.75 Å². The first-order valence-electron chi connectivity index (χ1n) is 6.83. The summed E-state index contributed by atoms with van der Waals surface area (Å²) in [6, 6.07) is 14.8. The van der Waals surface area contributed by atoms with Crippen molar-refractivity contribution in [1.29, 1.82) is 0 Å². The molecule has 0 bridgehead atoms. The van der Waals surface area contributed by atoms with E-state index in [1.165, 1.54) is 0 Å². The van der Waals surface area contributed by atoms with Crippen LogP contribution in [0.15, 0.2) is 48.5 Å². The molecule has 2 aromatic carbocycles. The zero-order valence-corrected chi connectivity index (χ0v) is 11.5. The minimum atomic E-state index is -1.22. The van der Waals surface area contributed by atoms with E-state index in [-0.39, 0.29) is 6.61 Å². The molecule has 2 aromatic rings. The lowest BCUT2D eigenvalue weighted by molar-refractivity contribution is -0.135. The van der Waals surface area contributed by atoms with Crippen molar-refractivity contribution in [2.75, 3.05) is 13.2 Å². The molecule has 1 N–H and O–H groups in total. The summed E-state index contributed by atoms with van der Waals surface area (Å²) in [5.41, 5.74) is 2.70. The Morgan fingerprint density at radius 3 is 2.19 bits per heavy atom. The highest BCUT2D eigenvalue weighted by molar-refractivity contribution is 5.76. The molecule has 4 heteroatoms. The molecular formula is C17H16O4. The maximum atomic E-state index is 10.6. The Labute approximate surface area is 122 Å². The standard InChI is InChI=1S/C17H16O4/c18-11-13-1-3-14(4-2-13)15-5-7-16(8-6-15)21-17(19)9-10-20-12-17/h1-8,11,19H,9-10,12H2. The summed E-state index contributed by atoms with van der Waals surface area (Å²) >= 11 is 0. The topological polar surface area (TPSA) is 55.8 Å². The van der Waals surface area contributed by atoms with Crippen molar-refractivity contribution < 1.29 is 19.4 Å². The summed E-state index contributed by atoms with van der Waals surface area (Å²) in [6.45, 7) is 0.708. The van der Waals surface area contributed by atoms with E-state index in [1.54, 1.807) is 12.1 Å². The van der Waals surface area contributed by atoms with Gasteiger partial charge in [0.2, 0.25) is 5.79 Å². The Hall–Kier alpha value is -2.17. The average molecular weight is 284 g/mol. The summed E-state index contributed by atoms with van der Waals surface area (Å²) in [7, 11) is 0. The van der Waals surface area contributed by atoms with Gasteiger partial charge in [0.25, 0.3) is 0 Å². The highest BCUT2D eigenvalue weighted by Gasteiger charge is 2.34. The quantitative estimate of drug-likeness (QED) is 0.692. The molecule has 0 radical (unpaired) electrons. The van der Waals surface area contributed by atoms with Gasteiger partial charge in [0.05, 0.1) is 6.61 Å². The molecule has 1 atom stereocenters. The highest BCUT2D eigenvalue weighted by Crippen LogP contribution is 2.27. The van der Waals surface area contributed by atoms with Crippen LogP contribution in [0.25, 0.3) is 11.1 Å². The monoisotopic (exact) mass is 284 g/mol. The Kier molecular flexibility index (Phi) is 3.73. The first-order chi connectivity index (χ1) is 10.2. The number of rotatable bonds is 4. The zero-order chi connectivity index (χ0) is 14.7. The lowest BCUT2D eigenvalue weighted by Gasteiger charge is -2.22. The van der Waals surface area contributed by atoms with Gasteiger partial charge >= 0.3 is 0 Å². The summed E-state index contributed by atoms with van der Waals surface area (Å²) in [6.07, 6.45) is 1.30. The van der Waals surface area contributed by atoms with Gasteiger partial charge in [-0.1, -0.05) is 36.4 Å². The summed E-state index contributed by atoms with van der Waals surface area (Å²) < 4.78 is 10.7. The van der Waals surface area contributed by atoms with Crippen molar-refractivity contribution in [2.45, 2.75) is 12.2 Å². The second-order valence-electron chi connectivity index (χ2n) is 5.12. The predicted octanol–water partition coefficient (Wildman–Crippen LogP) is 2.65. The lowest BCUT2D eigenvalue weighted by atomic mass is 10.0. The number of aldehydes is 1. The summed E-state index contributed by atoms with van der Waals surface area (Å²) in [5, 5.41) is 10.1. The lowest BCUT2D eigenvalue weighted by Crippen LogP contribution is -2.35. The number of carbonyl (C=O) groups excluding carboxylic acids is 1. The number of carbonyl (C=O) groups is 1. The Balaban J connectivity index is 1.75. The minimum Gasteiger partial charge on any atom is -0.460 e. The second-order valence-corrected chi connectivity index (χ2v) is 5.12. The van der Waals surface area contributed by atoms with E-state index in [0.29, 0.717) is 24.3 Å². The molecule has 1 unspecified atom stereocenters. The third-order valence-electron chi connectivity index (χ3n) is 3.51. The van der Waals surface area contributed by atoms with Crippen molar-refractivity contribution in [3.05, 3.63) is 54.1 Å². The van der Waals surface area contributed by atoms with Crippen LogP contribution in [-0.4, -0.2) is 30.4 Å². The fourth-order valence-corrected chi connectivity index (χ4v) is 2.30. The molecule has 1 fully saturated rings. The van der Waals surface area contributed by atoms with Gasteiger partial charge in [-0.25, -0.2) is 0 Å². The van der Waals surface area contributed by atoms with Crippen molar-refractivity contribution >= 4 is 6.29 Å². The minimum absolute atomic E-state index is 0.196. The van der Waals surface area contributed by atoms with Gasteiger partial charge in [0.15, 0.2) is 0 Å². The van der Waals surface area contributed by atoms with Gasteiger partial charge in [-0.15, -0.1) is 0 Å². The van der Waals surface area contributed by atoms with E-state index >= 15 is 0 Å². The van der Waals surface area contributed by atoms with E-state index < -0.39 is 5.79 Å². The Morgan fingerprint density at radius 1 is 1.05 bits per heavy atom. The Bertz CT molecular complexity index is 610. The van der Waals surface area contributed by atoms with Crippen molar-refractivity contribution in [1.82, 2.24) is 0 Å². The molecule has 3 rings (SSSR count). The van der Waals surface area contributed by atoms with Crippen LogP contribution in [0.1, 0.15) is 16.8 Å². The third kappa shape index (κ3) is 3.12. The second kappa shape index (κ2) is 5.68. The molecule has 1 heterocycles. The molecule has 4 nitrogen and oxygen atoms in total. The molecule has 0 aliphatic carbocycles. The fourth-order valence-electron chi connectivity index (χ4n) is 2.30. The van der Waals surface area contributed by atoms with Crippen LogP contribution in [0, 0.1) is 0 Å². The van der Waals surface area contributed by atoms with Gasteiger partial charge in [-0.3, -0.25) is 4.79 Å². The maximum Gasteiger partial charge on any atom is 0.233 e. The van der Waals surface area contributed by atoms with E-state index in [4.69, 9.17) is 9.47 Å². The number of aliphatic hydroxyl groups is 1. The molecule has 21 heavy (non-hydrogen) atoms. The maximum absolute atomic E-state index is 10.6. The molecule has 1 saturated heterocycles. The molecule has 0 aromatic heterocycles. The number of hydrogen-bond acceptors (Lipinski definition) is 4. The highest BCUT2D eigenvalue weighted by atomic mass is 16.7. The molecular weight excluding hydrogens is 268 g/mol. The largest absolute Gasteiger partial charge is 0.460 e. The van der Waals surface area contributed by atoms with E-state index in [9.17, 15) is 9.90 Å². The van der Waals surface area contributed by atoms with Crippen LogP contribution >= 0.6 is 0 Å². The van der Waals surface area contributed by atoms with Crippen LogP contribution in [0.2, 0.25) is 0 Å². The normalized spacial score (nSPS) is 21.2. The smallest absolute Gasteiger partial charge is 0.233 e. The predicted molar refractivity (Wildman–Crippen MR) is 78.3 cm³/mol. The first-order valence-corrected chi connectivity index (χ1v) is 6.83. The van der Waals surface area contributed by atoms with Crippen LogP contribution < -0.4 is 4.74 Å². The fraction of sp³-hybridized carbons (Fsp3) is 0.235. The number of ether oxygens (including phenoxy) is 2. The van der Waals surface area contributed by atoms with Gasteiger partial charge in [0.1, 0.15) is 18.6 Å². The number of hydrogen-bond donors (Lipinski definition) is 1. The summed E-state index contributed by atoms with van der Waals surface area (Å²) in [5.74, 6) is -0.608. The average Bonchev–Trinajstić information content (AvgIpc) is 2.94. The van der Waals surface area contributed by atoms with Gasteiger partial charge in [-0.2, -0.15) is 0 Å². The van der Waals surface area contributed by atoms with Gasteiger partial charge in [-0.05, 0) is 23.3 Å². The Morgan fingerprint density at radius 2 is 1.67 bits per heavy atom. The first kappa shape index (κ1) is 13.8. The third-order valence-corrected chi connectivity index (χ3v) is 3.51. The van der Waals surface area contributed by atoms with E-state index in [0.717, 1.165) is 17.4 Å². The zero-order valence-electron chi connectivity index (χ0n) is 11.5. The molecule has 0 amide bonds. The van der Waals surface area contributed by atoms with Crippen LogP contribution in [0.3, 0.4) is 0 Å². The number of benzene rings is 2. The molecule has 0 spiro atoms. The molecule has 1 aliphatic rings. The van der Waals surface area contributed by atoms with Crippen LogP contribution in [-0.2, 0) is 4.74 Å². The molecule has 0 saturated carbocycles. The van der Waals surface area contributed by atoms with Crippen molar-refractivity contribution in [3.63, 3.8) is 0 Å². The van der Waals surface area contributed by atoms with Crippen LogP contribution in [0.4, 0.5) is 0 Å². The summed E-state index contributed by atoms with van der Waals surface area (Å²) in [4.78, 5) is 10.6. The SMILES string of the molecule is O=Cc1ccc(-c2ccc(OC3(O)CCOC3)cc2)cc1. The molecule has 1 aliphatic heterocycles. The van der Waals surface area contributed by atoms with Gasteiger partial charge in [0, 0.05) is 12.0 Å². The van der Waals surface area contributed by atoms with Crippen molar-refractivity contribution in [3.8, 4) is 16.9 Å². The van der Waals surface area contributed by atoms with Crippen molar-refractivity contribution in [2.24, 2.45) is 0 Å². The van der Waals surface area contributed by atoms with Gasteiger partial charge < -0.3 is 14.6 Å². The van der Waals surface area contributed by atoms with E-state index in [1.807, 2.05) is 36.4 Å². The van der Waals surface area contributed by atoms with E-state index in [2.05, 4.69) is 0 Å².